The van der Waals surface area contributed by atoms with Crippen molar-refractivity contribution in [2.45, 2.75) is 44.8 Å². The fraction of sp³-hybridized carbons (Fsp3) is 0.909. The molecule has 0 radical (unpaired) electrons. The summed E-state index contributed by atoms with van der Waals surface area (Å²) < 4.78 is 5.15. The fourth-order valence-electron chi connectivity index (χ4n) is 1.82. The molecule has 0 aromatic heterocycles. The highest BCUT2D eigenvalue weighted by Crippen LogP contribution is 2.22. The molecule has 0 heterocycles. The first-order valence-electron chi connectivity index (χ1n) is 5.71. The van der Waals surface area contributed by atoms with Crippen molar-refractivity contribution in [1.29, 1.82) is 0 Å². The van der Waals surface area contributed by atoms with E-state index in [1.807, 2.05) is 0 Å². The molecule has 0 spiro atoms. The largest absolute Gasteiger partial charge is 0.381 e. The van der Waals surface area contributed by atoms with Gasteiger partial charge < -0.3 is 15.8 Å². The summed E-state index contributed by atoms with van der Waals surface area (Å²) in [4.78, 5) is 11.6. The molecule has 0 saturated heterocycles. The maximum atomic E-state index is 11.6. The first-order valence-corrected chi connectivity index (χ1v) is 5.71. The Bertz CT molecular complexity index is 199. The van der Waals surface area contributed by atoms with Gasteiger partial charge in [0.25, 0.3) is 0 Å². The first-order chi connectivity index (χ1) is 7.19. The van der Waals surface area contributed by atoms with Crippen LogP contribution >= 0.6 is 0 Å². The number of nitrogens with one attached hydrogen (secondary N) is 1. The lowest BCUT2D eigenvalue weighted by Crippen LogP contribution is -2.47. The van der Waals surface area contributed by atoms with Gasteiger partial charge in [0, 0.05) is 19.6 Å². The number of rotatable bonds is 6. The van der Waals surface area contributed by atoms with Crippen LogP contribution < -0.4 is 11.1 Å². The Morgan fingerprint density at radius 1 is 1.60 bits per heavy atom. The molecule has 1 aliphatic rings. The van der Waals surface area contributed by atoms with Crippen molar-refractivity contribution in [2.75, 3.05) is 13.7 Å². The zero-order valence-electron chi connectivity index (χ0n) is 9.66. The third-order valence-electron chi connectivity index (χ3n) is 3.18. The van der Waals surface area contributed by atoms with Gasteiger partial charge in [0.15, 0.2) is 0 Å². The lowest BCUT2D eigenvalue weighted by atomic mass is 9.89. The number of nitrogens with two attached hydrogens (primary N) is 1. The Hall–Kier alpha value is -0.610. The van der Waals surface area contributed by atoms with Crippen LogP contribution in [0.2, 0.25) is 0 Å². The maximum absolute atomic E-state index is 11.6. The highest BCUT2D eigenvalue weighted by molar-refractivity contribution is 5.76. The summed E-state index contributed by atoms with van der Waals surface area (Å²) in [6, 6.07) is 0.317. The topological polar surface area (TPSA) is 64.4 Å². The van der Waals surface area contributed by atoms with Crippen LogP contribution in [0.25, 0.3) is 0 Å². The minimum Gasteiger partial charge on any atom is -0.381 e. The van der Waals surface area contributed by atoms with Crippen LogP contribution in [0.5, 0.6) is 0 Å². The van der Waals surface area contributed by atoms with E-state index >= 15 is 0 Å². The Kier molecular flexibility index (Phi) is 5.05. The quantitative estimate of drug-likeness (QED) is 0.682. The van der Waals surface area contributed by atoms with Crippen LogP contribution in [0.3, 0.4) is 0 Å². The van der Waals surface area contributed by atoms with Gasteiger partial charge in [0.1, 0.15) is 0 Å². The molecule has 15 heavy (non-hydrogen) atoms. The van der Waals surface area contributed by atoms with E-state index in [4.69, 9.17) is 10.5 Å². The molecule has 0 aliphatic heterocycles. The average molecular weight is 214 g/mol. The summed E-state index contributed by atoms with van der Waals surface area (Å²) in [6.07, 6.45) is 3.76. The van der Waals surface area contributed by atoms with E-state index in [9.17, 15) is 4.79 Å². The molecule has 1 saturated carbocycles. The number of amides is 1. The molecular formula is C11H22N2O2. The van der Waals surface area contributed by atoms with E-state index in [1.165, 1.54) is 0 Å². The number of ether oxygens (including phenoxy) is 1. The zero-order chi connectivity index (χ0) is 11.3. The maximum Gasteiger partial charge on any atom is 0.220 e. The summed E-state index contributed by atoms with van der Waals surface area (Å²) >= 11 is 0. The third kappa shape index (κ3) is 3.80. The fourth-order valence-corrected chi connectivity index (χ4v) is 1.82. The van der Waals surface area contributed by atoms with Crippen molar-refractivity contribution in [3.8, 4) is 0 Å². The lowest BCUT2D eigenvalue weighted by molar-refractivity contribution is -0.124. The number of carbonyl (C=O) groups is 1. The smallest absolute Gasteiger partial charge is 0.220 e. The number of hydrogen-bond donors (Lipinski definition) is 2. The predicted molar refractivity (Wildman–Crippen MR) is 59.4 cm³/mol. The van der Waals surface area contributed by atoms with Gasteiger partial charge in [-0.25, -0.2) is 0 Å². The van der Waals surface area contributed by atoms with Gasteiger partial charge in [-0.05, 0) is 25.3 Å². The predicted octanol–water partition coefficient (Wildman–Crippen LogP) is 0.655. The van der Waals surface area contributed by atoms with E-state index in [0.29, 0.717) is 31.0 Å². The molecule has 1 rings (SSSR count). The van der Waals surface area contributed by atoms with Gasteiger partial charge in [-0.3, -0.25) is 4.79 Å². The molecule has 0 bridgehead atoms. The minimum absolute atomic E-state index is 0.131. The second-order valence-electron chi connectivity index (χ2n) is 4.31. The Morgan fingerprint density at radius 2 is 2.27 bits per heavy atom. The lowest BCUT2D eigenvalue weighted by Gasteiger charge is -2.34. The van der Waals surface area contributed by atoms with E-state index in [2.05, 4.69) is 12.2 Å². The van der Waals surface area contributed by atoms with Gasteiger partial charge in [-0.1, -0.05) is 13.3 Å². The molecule has 4 nitrogen and oxygen atoms in total. The van der Waals surface area contributed by atoms with Gasteiger partial charge in [-0.2, -0.15) is 0 Å². The molecule has 1 atom stereocenters. The van der Waals surface area contributed by atoms with Crippen LogP contribution in [0.1, 0.15) is 32.6 Å². The second-order valence-corrected chi connectivity index (χ2v) is 4.31. The van der Waals surface area contributed by atoms with Gasteiger partial charge in [0.05, 0.1) is 6.10 Å². The van der Waals surface area contributed by atoms with Crippen molar-refractivity contribution in [3.05, 3.63) is 0 Å². The van der Waals surface area contributed by atoms with Crippen molar-refractivity contribution < 1.29 is 9.53 Å². The first kappa shape index (κ1) is 12.5. The summed E-state index contributed by atoms with van der Waals surface area (Å²) in [5, 5.41) is 3.01. The van der Waals surface area contributed by atoms with Crippen LogP contribution in [0.4, 0.5) is 0 Å². The van der Waals surface area contributed by atoms with Gasteiger partial charge in [0.2, 0.25) is 5.91 Å². The summed E-state index contributed by atoms with van der Waals surface area (Å²) in [6.45, 7) is 2.66. The Morgan fingerprint density at radius 3 is 2.73 bits per heavy atom. The number of carbonyl (C=O) groups excluding carboxylic acids is 1. The summed E-state index contributed by atoms with van der Waals surface area (Å²) in [7, 11) is 1.71. The molecule has 4 heteroatoms. The number of methoxy groups -OCH3 is 1. The normalized spacial score (nSPS) is 26.9. The van der Waals surface area contributed by atoms with Gasteiger partial charge >= 0.3 is 0 Å². The minimum atomic E-state index is 0.131. The molecule has 1 amide bonds. The molecule has 0 aromatic rings. The zero-order valence-corrected chi connectivity index (χ0v) is 9.66. The molecule has 1 unspecified atom stereocenters. The Labute approximate surface area is 91.5 Å². The highest BCUT2D eigenvalue weighted by atomic mass is 16.5. The van der Waals surface area contributed by atoms with Crippen molar-refractivity contribution in [1.82, 2.24) is 5.32 Å². The molecule has 1 fully saturated rings. The van der Waals surface area contributed by atoms with Crippen molar-refractivity contribution in [2.24, 2.45) is 11.7 Å². The average Bonchev–Trinajstić information content (AvgIpc) is 2.19. The van der Waals surface area contributed by atoms with Crippen molar-refractivity contribution >= 4 is 5.91 Å². The van der Waals surface area contributed by atoms with Gasteiger partial charge in [-0.15, -0.1) is 0 Å². The van der Waals surface area contributed by atoms with Crippen LogP contribution in [-0.2, 0) is 9.53 Å². The van der Waals surface area contributed by atoms with E-state index in [0.717, 1.165) is 19.3 Å². The molecule has 88 valence electrons. The highest BCUT2D eigenvalue weighted by Gasteiger charge is 2.30. The Balaban J connectivity index is 2.14. The van der Waals surface area contributed by atoms with E-state index in [-0.39, 0.29) is 5.91 Å². The van der Waals surface area contributed by atoms with Crippen LogP contribution in [0.15, 0.2) is 0 Å². The monoisotopic (exact) mass is 214 g/mol. The molecular weight excluding hydrogens is 192 g/mol. The van der Waals surface area contributed by atoms with Crippen molar-refractivity contribution in [3.63, 3.8) is 0 Å². The molecule has 0 aromatic carbocycles. The summed E-state index contributed by atoms with van der Waals surface area (Å²) in [5.74, 6) is 0.454. The van der Waals surface area contributed by atoms with E-state index < -0.39 is 0 Å². The molecule has 3 N–H and O–H groups in total. The molecule has 1 aliphatic carbocycles. The van der Waals surface area contributed by atoms with E-state index in [1.54, 1.807) is 7.11 Å². The SMILES string of the molecule is CCC(CN)CC(=O)NC1CC(OC)C1. The van der Waals surface area contributed by atoms with Crippen LogP contribution in [-0.4, -0.2) is 31.7 Å². The third-order valence-corrected chi connectivity index (χ3v) is 3.18. The standard InChI is InChI=1S/C11H22N2O2/c1-3-8(7-12)4-11(14)13-9-5-10(6-9)15-2/h8-10H,3-7,12H2,1-2H3,(H,13,14). The second kappa shape index (κ2) is 6.08. The van der Waals surface area contributed by atoms with Crippen LogP contribution in [0, 0.1) is 5.92 Å². The summed E-state index contributed by atoms with van der Waals surface area (Å²) in [5.41, 5.74) is 5.55. The number of hydrogen-bond acceptors (Lipinski definition) is 3.